The van der Waals surface area contributed by atoms with Crippen molar-refractivity contribution in [1.29, 1.82) is 0 Å². The maximum absolute atomic E-state index is 12.6. The highest BCUT2D eigenvalue weighted by atomic mass is 16.5. The van der Waals surface area contributed by atoms with Gasteiger partial charge in [-0.25, -0.2) is 4.79 Å². The number of nitrogens with one attached hydrogen (secondary N) is 3. The lowest BCUT2D eigenvalue weighted by atomic mass is 9.79. The Kier molecular flexibility index (Phi) is 5.82. The van der Waals surface area contributed by atoms with Gasteiger partial charge in [-0.15, -0.1) is 0 Å². The van der Waals surface area contributed by atoms with Crippen molar-refractivity contribution in [3.05, 3.63) is 0 Å². The van der Waals surface area contributed by atoms with E-state index in [4.69, 9.17) is 4.74 Å². The zero-order valence-corrected chi connectivity index (χ0v) is 15.6. The van der Waals surface area contributed by atoms with Gasteiger partial charge in [0.1, 0.15) is 5.54 Å². The first-order valence-electron chi connectivity index (χ1n) is 9.61. The van der Waals surface area contributed by atoms with Gasteiger partial charge in [-0.2, -0.15) is 0 Å². The van der Waals surface area contributed by atoms with Crippen LogP contribution in [0.25, 0.3) is 0 Å². The van der Waals surface area contributed by atoms with E-state index in [0.717, 1.165) is 38.8 Å². The molecule has 2 aliphatic heterocycles. The first kappa shape index (κ1) is 19.1. The molecule has 8 heteroatoms. The molecule has 3 N–H and O–H groups in total. The summed E-state index contributed by atoms with van der Waals surface area (Å²) in [7, 11) is 1.68. The Bertz CT molecular complexity index is 548. The van der Waals surface area contributed by atoms with Crippen LogP contribution in [0.1, 0.15) is 44.9 Å². The SMILES string of the molecule is COCC1(CNC(=O)CCN2C(=O)NC3(CCCC3)C2=O)CCNCC1. The van der Waals surface area contributed by atoms with Crippen LogP contribution in [-0.4, -0.2) is 68.2 Å². The summed E-state index contributed by atoms with van der Waals surface area (Å²) in [4.78, 5) is 38.2. The summed E-state index contributed by atoms with van der Waals surface area (Å²) in [5.41, 5.74) is -0.740. The average Bonchev–Trinajstić information content (AvgIpc) is 3.19. The van der Waals surface area contributed by atoms with Gasteiger partial charge in [0.2, 0.25) is 5.91 Å². The second kappa shape index (κ2) is 7.92. The molecule has 1 spiro atoms. The molecule has 0 bridgehead atoms. The fraction of sp³-hybridized carbons (Fsp3) is 0.833. The summed E-state index contributed by atoms with van der Waals surface area (Å²) in [6.07, 6.45) is 5.36. The van der Waals surface area contributed by atoms with Gasteiger partial charge in [0, 0.05) is 32.0 Å². The lowest BCUT2D eigenvalue weighted by molar-refractivity contribution is -0.131. The maximum atomic E-state index is 12.6. The fourth-order valence-corrected chi connectivity index (χ4v) is 4.42. The highest BCUT2D eigenvalue weighted by Crippen LogP contribution is 2.35. The van der Waals surface area contributed by atoms with Crippen LogP contribution >= 0.6 is 0 Å². The number of hydrogen-bond donors (Lipinski definition) is 3. The molecule has 0 atom stereocenters. The normalized spacial score (nSPS) is 24.1. The van der Waals surface area contributed by atoms with Crippen LogP contribution in [0.3, 0.4) is 0 Å². The van der Waals surface area contributed by atoms with Gasteiger partial charge >= 0.3 is 6.03 Å². The van der Waals surface area contributed by atoms with E-state index in [9.17, 15) is 14.4 Å². The maximum Gasteiger partial charge on any atom is 0.325 e. The molecule has 3 fully saturated rings. The van der Waals surface area contributed by atoms with Crippen molar-refractivity contribution in [2.45, 2.75) is 50.5 Å². The van der Waals surface area contributed by atoms with Gasteiger partial charge in [-0.05, 0) is 38.8 Å². The fourth-order valence-electron chi connectivity index (χ4n) is 4.42. The van der Waals surface area contributed by atoms with Crippen molar-refractivity contribution in [3.63, 3.8) is 0 Å². The zero-order valence-electron chi connectivity index (χ0n) is 15.6. The van der Waals surface area contributed by atoms with Crippen molar-refractivity contribution >= 4 is 17.8 Å². The van der Waals surface area contributed by atoms with Crippen molar-refractivity contribution in [2.75, 3.05) is 39.9 Å². The molecule has 3 rings (SSSR count). The van der Waals surface area contributed by atoms with Crippen molar-refractivity contribution < 1.29 is 19.1 Å². The van der Waals surface area contributed by atoms with Crippen LogP contribution in [-0.2, 0) is 14.3 Å². The van der Waals surface area contributed by atoms with E-state index in [2.05, 4.69) is 16.0 Å². The Morgan fingerprint density at radius 1 is 1.19 bits per heavy atom. The summed E-state index contributed by atoms with van der Waals surface area (Å²) < 4.78 is 5.35. The molecule has 0 aromatic heterocycles. The highest BCUT2D eigenvalue weighted by molar-refractivity contribution is 6.07. The molecule has 8 nitrogen and oxygen atoms in total. The second-order valence-corrected chi connectivity index (χ2v) is 7.89. The van der Waals surface area contributed by atoms with Crippen LogP contribution in [0, 0.1) is 5.41 Å². The Balaban J connectivity index is 1.48. The molecule has 4 amide bonds. The van der Waals surface area contributed by atoms with Crippen LogP contribution in [0.4, 0.5) is 4.79 Å². The number of methoxy groups -OCH3 is 1. The summed E-state index contributed by atoms with van der Waals surface area (Å²) in [5, 5.41) is 9.14. The number of amides is 4. The number of rotatable bonds is 7. The molecule has 1 aliphatic carbocycles. The standard InChI is InChI=1S/C18H30N4O4/c1-26-13-17(7-9-19-10-8-17)12-20-14(23)4-11-22-15(24)18(21-16(22)25)5-2-3-6-18/h19H,2-13H2,1H3,(H,20,23)(H,21,25). The first-order valence-corrected chi connectivity index (χ1v) is 9.61. The van der Waals surface area contributed by atoms with E-state index in [-0.39, 0.29) is 36.2 Å². The summed E-state index contributed by atoms with van der Waals surface area (Å²) >= 11 is 0. The van der Waals surface area contributed by atoms with Crippen molar-refractivity contribution in [1.82, 2.24) is 20.9 Å². The van der Waals surface area contributed by atoms with Crippen LogP contribution < -0.4 is 16.0 Å². The molecule has 0 aromatic carbocycles. The number of carbonyl (C=O) groups excluding carboxylic acids is 3. The Labute approximate surface area is 154 Å². The largest absolute Gasteiger partial charge is 0.384 e. The molecular formula is C18H30N4O4. The van der Waals surface area contributed by atoms with Crippen molar-refractivity contribution in [2.24, 2.45) is 5.41 Å². The number of ether oxygens (including phenoxy) is 1. The predicted octanol–water partition coefficient (Wildman–Crippen LogP) is 0.374. The van der Waals surface area contributed by atoms with E-state index in [0.29, 0.717) is 26.0 Å². The quantitative estimate of drug-likeness (QED) is 0.566. The Morgan fingerprint density at radius 2 is 1.88 bits per heavy atom. The number of urea groups is 1. The molecule has 3 aliphatic rings. The summed E-state index contributed by atoms with van der Waals surface area (Å²) in [6.45, 7) is 3.15. The van der Waals surface area contributed by atoms with E-state index in [1.54, 1.807) is 7.11 Å². The van der Waals surface area contributed by atoms with Gasteiger partial charge in [0.25, 0.3) is 5.91 Å². The molecule has 1 saturated carbocycles. The second-order valence-electron chi connectivity index (χ2n) is 7.89. The zero-order chi connectivity index (χ0) is 18.6. The lowest BCUT2D eigenvalue weighted by Crippen LogP contribution is -2.47. The number of piperidine rings is 1. The highest BCUT2D eigenvalue weighted by Gasteiger charge is 2.52. The first-order chi connectivity index (χ1) is 12.5. The monoisotopic (exact) mass is 366 g/mol. The number of nitrogens with zero attached hydrogens (tertiary/aromatic N) is 1. The number of carbonyl (C=O) groups is 3. The van der Waals surface area contributed by atoms with Crippen LogP contribution in [0.15, 0.2) is 0 Å². The third-order valence-corrected chi connectivity index (χ3v) is 6.04. The number of hydrogen-bond acceptors (Lipinski definition) is 5. The molecule has 26 heavy (non-hydrogen) atoms. The number of imide groups is 1. The minimum atomic E-state index is -0.703. The molecule has 0 unspecified atom stereocenters. The lowest BCUT2D eigenvalue weighted by Gasteiger charge is -2.37. The minimum Gasteiger partial charge on any atom is -0.384 e. The Hall–Kier alpha value is -1.67. The Morgan fingerprint density at radius 3 is 2.54 bits per heavy atom. The van der Waals surface area contributed by atoms with Gasteiger partial charge in [-0.3, -0.25) is 14.5 Å². The van der Waals surface area contributed by atoms with Crippen LogP contribution in [0.5, 0.6) is 0 Å². The van der Waals surface area contributed by atoms with E-state index in [1.165, 1.54) is 4.90 Å². The average molecular weight is 366 g/mol. The third kappa shape index (κ3) is 3.86. The molecular weight excluding hydrogens is 336 g/mol. The smallest absolute Gasteiger partial charge is 0.325 e. The van der Waals surface area contributed by atoms with E-state index in [1.807, 2.05) is 0 Å². The topological polar surface area (TPSA) is 99.8 Å². The predicted molar refractivity (Wildman–Crippen MR) is 95.5 cm³/mol. The van der Waals surface area contributed by atoms with Gasteiger partial charge in [0.15, 0.2) is 0 Å². The molecule has 146 valence electrons. The van der Waals surface area contributed by atoms with E-state index < -0.39 is 5.54 Å². The summed E-state index contributed by atoms with van der Waals surface area (Å²) in [5.74, 6) is -0.297. The molecule has 2 heterocycles. The minimum absolute atomic E-state index is 0.0373. The van der Waals surface area contributed by atoms with Gasteiger partial charge < -0.3 is 20.7 Å². The molecule has 0 radical (unpaired) electrons. The molecule has 0 aromatic rings. The third-order valence-electron chi connectivity index (χ3n) is 6.04. The molecule has 2 saturated heterocycles. The van der Waals surface area contributed by atoms with Gasteiger partial charge in [-0.1, -0.05) is 12.8 Å². The summed E-state index contributed by atoms with van der Waals surface area (Å²) in [6, 6.07) is -0.362. The van der Waals surface area contributed by atoms with Gasteiger partial charge in [0.05, 0.1) is 6.61 Å². The van der Waals surface area contributed by atoms with Crippen LogP contribution in [0.2, 0.25) is 0 Å². The van der Waals surface area contributed by atoms with Crippen molar-refractivity contribution in [3.8, 4) is 0 Å². The van der Waals surface area contributed by atoms with E-state index >= 15 is 0 Å².